The van der Waals surface area contributed by atoms with E-state index in [9.17, 15) is 9.59 Å². The van der Waals surface area contributed by atoms with E-state index in [1.807, 2.05) is 6.92 Å². The molecule has 0 aliphatic heterocycles. The minimum atomic E-state index is -0.324. The molecule has 0 radical (unpaired) electrons. The van der Waals surface area contributed by atoms with Crippen molar-refractivity contribution in [2.24, 2.45) is 0 Å². The fourth-order valence-electron chi connectivity index (χ4n) is 1.45. The highest BCUT2D eigenvalue weighted by atomic mass is 79.9. The van der Waals surface area contributed by atoms with Crippen LogP contribution < -0.4 is 0 Å². The van der Waals surface area contributed by atoms with Gasteiger partial charge in [-0.1, -0.05) is 22.9 Å². The summed E-state index contributed by atoms with van der Waals surface area (Å²) >= 11 is 3.33. The number of unbranched alkanes of at least 4 members (excludes halogenated alkanes) is 1. The van der Waals surface area contributed by atoms with Crippen molar-refractivity contribution in [2.75, 3.05) is 25.0 Å². The number of hydrogen-bond acceptors (Lipinski definition) is 3. The van der Waals surface area contributed by atoms with Crippen LogP contribution in [0.25, 0.3) is 0 Å². The molecule has 0 atom stereocenters. The van der Waals surface area contributed by atoms with Crippen molar-refractivity contribution < 1.29 is 14.3 Å². The second-order valence-electron chi connectivity index (χ2n) is 3.77. The molecule has 5 heteroatoms. The zero-order chi connectivity index (χ0) is 13.1. The average Bonchev–Trinajstić information content (AvgIpc) is 2.29. The van der Waals surface area contributed by atoms with Crippen molar-refractivity contribution in [2.45, 2.75) is 39.5 Å². The number of halogens is 1. The Morgan fingerprint density at radius 3 is 2.47 bits per heavy atom. The topological polar surface area (TPSA) is 46.6 Å². The van der Waals surface area contributed by atoms with Gasteiger partial charge in [0.25, 0.3) is 0 Å². The van der Waals surface area contributed by atoms with Crippen LogP contribution in [0.15, 0.2) is 0 Å². The van der Waals surface area contributed by atoms with Crippen molar-refractivity contribution in [1.82, 2.24) is 4.90 Å². The highest BCUT2D eigenvalue weighted by Gasteiger charge is 2.16. The summed E-state index contributed by atoms with van der Waals surface area (Å²) < 4.78 is 4.85. The Hall–Kier alpha value is -0.580. The highest BCUT2D eigenvalue weighted by molar-refractivity contribution is 9.09. The van der Waals surface area contributed by atoms with Crippen molar-refractivity contribution in [3.05, 3.63) is 0 Å². The Kier molecular flexibility index (Phi) is 10.2. The molecule has 0 aromatic heterocycles. The molecule has 0 aliphatic rings. The third-order valence-corrected chi connectivity index (χ3v) is 2.81. The molecule has 1 amide bonds. The van der Waals surface area contributed by atoms with E-state index in [0.29, 0.717) is 19.6 Å². The van der Waals surface area contributed by atoms with Gasteiger partial charge in [0.1, 0.15) is 6.54 Å². The van der Waals surface area contributed by atoms with Gasteiger partial charge in [0.2, 0.25) is 5.91 Å². The van der Waals surface area contributed by atoms with E-state index in [1.165, 1.54) is 0 Å². The summed E-state index contributed by atoms with van der Waals surface area (Å²) in [6.45, 7) is 4.81. The van der Waals surface area contributed by atoms with Crippen molar-refractivity contribution in [3.8, 4) is 0 Å². The lowest BCUT2D eigenvalue weighted by atomic mass is 10.2. The first-order valence-corrected chi connectivity index (χ1v) is 7.27. The molecule has 0 aliphatic carbocycles. The van der Waals surface area contributed by atoms with E-state index < -0.39 is 0 Å². The average molecular weight is 308 g/mol. The fourth-order valence-corrected chi connectivity index (χ4v) is 1.85. The van der Waals surface area contributed by atoms with E-state index in [2.05, 4.69) is 15.9 Å². The number of esters is 1. The Bertz CT molecular complexity index is 234. The lowest BCUT2D eigenvalue weighted by molar-refractivity contribution is -0.149. The predicted octanol–water partition coefficient (Wildman–Crippen LogP) is 2.35. The largest absolute Gasteiger partial charge is 0.465 e. The Morgan fingerprint density at radius 2 is 1.94 bits per heavy atom. The van der Waals surface area contributed by atoms with E-state index in [1.54, 1.807) is 11.8 Å². The number of carbonyl (C=O) groups is 2. The van der Waals surface area contributed by atoms with E-state index in [4.69, 9.17) is 4.74 Å². The van der Waals surface area contributed by atoms with Crippen molar-refractivity contribution in [3.63, 3.8) is 0 Å². The van der Waals surface area contributed by atoms with Crippen LogP contribution in [-0.4, -0.2) is 41.8 Å². The second kappa shape index (κ2) is 10.6. The maximum atomic E-state index is 11.9. The van der Waals surface area contributed by atoms with Gasteiger partial charge in [-0.25, -0.2) is 0 Å². The normalized spacial score (nSPS) is 10.1. The first kappa shape index (κ1) is 16.4. The Labute approximate surface area is 112 Å². The Balaban J connectivity index is 4.10. The van der Waals surface area contributed by atoms with Gasteiger partial charge in [-0.15, -0.1) is 0 Å². The van der Waals surface area contributed by atoms with Crippen LogP contribution in [0, 0.1) is 0 Å². The summed E-state index contributed by atoms with van der Waals surface area (Å²) in [6.07, 6.45) is 3.19. The molecule has 0 spiro atoms. The van der Waals surface area contributed by atoms with E-state index in [-0.39, 0.29) is 18.4 Å². The first-order valence-electron chi connectivity index (χ1n) is 6.15. The molecule has 0 heterocycles. The van der Waals surface area contributed by atoms with Crippen LogP contribution in [-0.2, 0) is 14.3 Å². The molecule has 17 heavy (non-hydrogen) atoms. The molecule has 0 aromatic carbocycles. The van der Waals surface area contributed by atoms with E-state index >= 15 is 0 Å². The molecule has 4 nitrogen and oxygen atoms in total. The van der Waals surface area contributed by atoms with Gasteiger partial charge < -0.3 is 9.64 Å². The number of amides is 1. The lowest BCUT2D eigenvalue weighted by Gasteiger charge is -2.20. The second-order valence-corrected chi connectivity index (χ2v) is 4.56. The van der Waals surface area contributed by atoms with Crippen LogP contribution in [0.2, 0.25) is 0 Å². The maximum absolute atomic E-state index is 11.9. The van der Waals surface area contributed by atoms with Gasteiger partial charge in [0, 0.05) is 18.3 Å². The van der Waals surface area contributed by atoms with Gasteiger partial charge in [-0.3, -0.25) is 9.59 Å². The summed E-state index contributed by atoms with van der Waals surface area (Å²) in [5.74, 6) is -0.282. The maximum Gasteiger partial charge on any atom is 0.325 e. The summed E-state index contributed by atoms with van der Waals surface area (Å²) in [4.78, 5) is 24.8. The van der Waals surface area contributed by atoms with Crippen LogP contribution >= 0.6 is 15.9 Å². The number of nitrogens with zero attached hydrogens (tertiary/aromatic N) is 1. The number of ether oxygens (including phenoxy) is 1. The standard InChI is InChI=1S/C12H22BrNO3/c1-3-9-14(10-12(16)17-4-2)11(15)7-5-6-8-13/h3-10H2,1-2H3. The van der Waals surface area contributed by atoms with Gasteiger partial charge in [-0.05, 0) is 26.2 Å². The first-order chi connectivity index (χ1) is 8.15. The number of alkyl halides is 1. The minimum absolute atomic E-state index is 0.0425. The monoisotopic (exact) mass is 307 g/mol. The number of carbonyl (C=O) groups excluding carboxylic acids is 2. The summed E-state index contributed by atoms with van der Waals surface area (Å²) in [6, 6.07) is 0. The zero-order valence-corrected chi connectivity index (χ0v) is 12.3. The fraction of sp³-hybridized carbons (Fsp3) is 0.833. The number of hydrogen-bond donors (Lipinski definition) is 0. The molecule has 0 N–H and O–H groups in total. The molecule has 0 unspecified atom stereocenters. The van der Waals surface area contributed by atoms with Gasteiger partial charge in [0.05, 0.1) is 6.61 Å². The lowest BCUT2D eigenvalue weighted by Crippen LogP contribution is -2.36. The van der Waals surface area contributed by atoms with E-state index in [0.717, 1.165) is 24.6 Å². The molecule has 0 aromatic rings. The summed E-state index contributed by atoms with van der Waals surface area (Å²) in [5.41, 5.74) is 0. The molecule has 0 saturated carbocycles. The van der Waals surface area contributed by atoms with Crippen LogP contribution in [0.5, 0.6) is 0 Å². The minimum Gasteiger partial charge on any atom is -0.465 e. The zero-order valence-electron chi connectivity index (χ0n) is 10.7. The third-order valence-electron chi connectivity index (χ3n) is 2.25. The number of rotatable bonds is 9. The molecular weight excluding hydrogens is 286 g/mol. The smallest absolute Gasteiger partial charge is 0.325 e. The van der Waals surface area contributed by atoms with Gasteiger partial charge in [0.15, 0.2) is 0 Å². The van der Waals surface area contributed by atoms with Crippen LogP contribution in [0.1, 0.15) is 39.5 Å². The molecule has 0 rings (SSSR count). The van der Waals surface area contributed by atoms with Crippen LogP contribution in [0.4, 0.5) is 0 Å². The van der Waals surface area contributed by atoms with Gasteiger partial charge in [-0.2, -0.15) is 0 Å². The SMILES string of the molecule is CCCN(CC(=O)OCC)C(=O)CCCCBr. The Morgan fingerprint density at radius 1 is 1.24 bits per heavy atom. The predicted molar refractivity (Wildman–Crippen MR) is 71.1 cm³/mol. The van der Waals surface area contributed by atoms with Gasteiger partial charge >= 0.3 is 5.97 Å². The molecular formula is C12H22BrNO3. The summed E-state index contributed by atoms with van der Waals surface area (Å²) in [7, 11) is 0. The third kappa shape index (κ3) is 8.18. The van der Waals surface area contributed by atoms with Crippen LogP contribution in [0.3, 0.4) is 0 Å². The van der Waals surface area contributed by atoms with Crippen molar-refractivity contribution in [1.29, 1.82) is 0 Å². The highest BCUT2D eigenvalue weighted by Crippen LogP contribution is 2.04. The molecule has 0 saturated heterocycles. The summed E-state index contributed by atoms with van der Waals surface area (Å²) in [5, 5.41) is 0.909. The van der Waals surface area contributed by atoms with Crippen molar-refractivity contribution >= 4 is 27.8 Å². The molecule has 0 fully saturated rings. The molecule has 0 bridgehead atoms. The molecule has 100 valence electrons. The quantitative estimate of drug-likeness (QED) is 0.373.